The van der Waals surface area contributed by atoms with Gasteiger partial charge in [-0.1, -0.05) is 36.5 Å². The van der Waals surface area contributed by atoms with Crippen molar-refractivity contribution >= 4 is 40.1 Å². The maximum atomic E-state index is 6.06. The van der Waals surface area contributed by atoms with Crippen molar-refractivity contribution in [1.29, 1.82) is 0 Å². The number of aromatic nitrogens is 4. The zero-order valence-corrected chi connectivity index (χ0v) is 12.3. The van der Waals surface area contributed by atoms with Crippen LogP contribution < -0.4 is 5.73 Å². The first-order chi connectivity index (χ1) is 9.61. The molecule has 0 unspecified atom stereocenters. The molecule has 0 aliphatic heterocycles. The molecule has 0 saturated heterocycles. The van der Waals surface area contributed by atoms with E-state index in [1.807, 2.05) is 6.07 Å². The van der Waals surface area contributed by atoms with Gasteiger partial charge in [-0.2, -0.15) is 10.2 Å². The van der Waals surface area contributed by atoms with Crippen molar-refractivity contribution in [2.75, 3.05) is 5.73 Å². The Balaban J connectivity index is 2.22. The van der Waals surface area contributed by atoms with E-state index in [1.165, 1.54) is 0 Å². The van der Waals surface area contributed by atoms with Crippen LogP contribution in [0.25, 0.3) is 16.7 Å². The van der Waals surface area contributed by atoms with Gasteiger partial charge in [-0.05, 0) is 24.6 Å². The van der Waals surface area contributed by atoms with E-state index >= 15 is 0 Å². The molecule has 5 nitrogen and oxygen atoms in total. The number of nitrogen functional groups attached to an aromatic ring is 1. The van der Waals surface area contributed by atoms with Gasteiger partial charge in [0, 0.05) is 0 Å². The number of anilines is 1. The van der Waals surface area contributed by atoms with E-state index in [1.54, 1.807) is 16.8 Å². The largest absolute Gasteiger partial charge is 0.383 e. The molecule has 3 aromatic rings. The normalized spacial score (nSPS) is 11.3. The number of aryl methyl sites for hydroxylation is 1. The van der Waals surface area contributed by atoms with E-state index in [-0.39, 0.29) is 0 Å². The third-order valence-corrected chi connectivity index (χ3v) is 3.86. The van der Waals surface area contributed by atoms with Gasteiger partial charge in [0.05, 0.1) is 26.8 Å². The number of nitrogens with two attached hydrogens (primary N) is 1. The second-order valence-electron chi connectivity index (χ2n) is 4.54. The van der Waals surface area contributed by atoms with E-state index in [4.69, 9.17) is 28.9 Å². The minimum atomic E-state index is 0.480. The summed E-state index contributed by atoms with van der Waals surface area (Å²) in [5.74, 6) is 0.537. The second kappa shape index (κ2) is 5.00. The summed E-state index contributed by atoms with van der Waals surface area (Å²) in [5.41, 5.74) is 8.37. The summed E-state index contributed by atoms with van der Waals surface area (Å²) in [6.45, 7) is 2.10. The van der Waals surface area contributed by atoms with E-state index in [0.29, 0.717) is 21.5 Å². The van der Waals surface area contributed by atoms with Crippen LogP contribution in [0.2, 0.25) is 10.0 Å². The summed E-state index contributed by atoms with van der Waals surface area (Å²) in [4.78, 5) is 0. The van der Waals surface area contributed by atoms with Crippen molar-refractivity contribution in [1.82, 2.24) is 20.0 Å². The number of nitrogens with zero attached hydrogens (tertiary/aromatic N) is 3. The van der Waals surface area contributed by atoms with Crippen LogP contribution in [-0.4, -0.2) is 20.0 Å². The minimum absolute atomic E-state index is 0.480. The van der Waals surface area contributed by atoms with E-state index in [9.17, 15) is 0 Å². The van der Waals surface area contributed by atoms with Crippen molar-refractivity contribution in [2.45, 2.75) is 19.8 Å². The van der Waals surface area contributed by atoms with E-state index in [2.05, 4.69) is 22.2 Å². The maximum Gasteiger partial charge on any atom is 0.186 e. The molecule has 0 bridgehead atoms. The quantitative estimate of drug-likeness (QED) is 0.776. The number of nitrogens with one attached hydrogen (secondary N) is 1. The Bertz CT molecular complexity index is 775. The highest BCUT2D eigenvalue weighted by atomic mass is 35.5. The van der Waals surface area contributed by atoms with Gasteiger partial charge < -0.3 is 5.73 Å². The first-order valence-electron chi connectivity index (χ1n) is 6.28. The molecule has 0 atom stereocenters. The van der Waals surface area contributed by atoms with Gasteiger partial charge in [0.1, 0.15) is 5.82 Å². The molecule has 3 rings (SSSR count). The number of fused-ring (bicyclic) bond motifs is 1. The molecule has 0 saturated carbocycles. The Morgan fingerprint density at radius 3 is 2.80 bits per heavy atom. The van der Waals surface area contributed by atoms with Crippen LogP contribution in [0, 0.1) is 0 Å². The number of hydrogen-bond acceptors (Lipinski definition) is 3. The molecule has 2 aromatic heterocycles. The van der Waals surface area contributed by atoms with Crippen molar-refractivity contribution in [3.8, 4) is 5.69 Å². The third-order valence-electron chi connectivity index (χ3n) is 3.12. The number of benzene rings is 1. The Morgan fingerprint density at radius 1 is 1.30 bits per heavy atom. The van der Waals surface area contributed by atoms with Gasteiger partial charge in [-0.3, -0.25) is 5.10 Å². The SMILES string of the molecule is CCCc1nn(-c2ccc(Cl)c(Cl)c2)c2n[nH]c(N)c12. The lowest BCUT2D eigenvalue weighted by Crippen LogP contribution is -1.99. The van der Waals surface area contributed by atoms with E-state index in [0.717, 1.165) is 29.6 Å². The third kappa shape index (κ3) is 2.03. The molecule has 3 N–H and O–H groups in total. The fraction of sp³-hybridized carbons (Fsp3) is 0.231. The van der Waals surface area contributed by atoms with Crippen LogP contribution in [0.15, 0.2) is 18.2 Å². The number of halogens is 2. The molecule has 0 fully saturated rings. The maximum absolute atomic E-state index is 6.06. The molecule has 1 aromatic carbocycles. The Morgan fingerprint density at radius 2 is 2.10 bits per heavy atom. The lowest BCUT2D eigenvalue weighted by molar-refractivity contribution is 0.810. The molecule has 0 radical (unpaired) electrons. The number of hydrogen-bond donors (Lipinski definition) is 2. The lowest BCUT2D eigenvalue weighted by atomic mass is 10.2. The second-order valence-corrected chi connectivity index (χ2v) is 5.36. The first-order valence-corrected chi connectivity index (χ1v) is 7.04. The van der Waals surface area contributed by atoms with Gasteiger partial charge in [-0.15, -0.1) is 0 Å². The summed E-state index contributed by atoms with van der Waals surface area (Å²) in [5, 5.41) is 13.5. The van der Waals surface area contributed by atoms with Crippen LogP contribution in [0.5, 0.6) is 0 Å². The Hall–Kier alpha value is -1.72. The topological polar surface area (TPSA) is 72.5 Å². The standard InChI is InChI=1S/C13H13Cl2N5/c1-2-3-10-11-12(16)17-18-13(11)20(19-10)7-4-5-8(14)9(15)6-7/h4-6H,2-3H2,1H3,(H3,16,17,18). The monoisotopic (exact) mass is 309 g/mol. The fourth-order valence-corrected chi connectivity index (χ4v) is 2.50. The highest BCUT2D eigenvalue weighted by Gasteiger charge is 2.17. The zero-order valence-electron chi connectivity index (χ0n) is 10.8. The summed E-state index contributed by atoms with van der Waals surface area (Å²) in [6.07, 6.45) is 1.83. The molecule has 20 heavy (non-hydrogen) atoms. The van der Waals surface area contributed by atoms with Crippen LogP contribution in [0.4, 0.5) is 5.82 Å². The van der Waals surface area contributed by atoms with Crippen molar-refractivity contribution in [2.24, 2.45) is 0 Å². The van der Waals surface area contributed by atoms with Gasteiger partial charge in [0.15, 0.2) is 5.65 Å². The number of aromatic amines is 1. The molecular weight excluding hydrogens is 297 g/mol. The smallest absolute Gasteiger partial charge is 0.186 e. The Labute approximate surface area is 125 Å². The summed E-state index contributed by atoms with van der Waals surface area (Å²) in [6, 6.07) is 5.35. The highest BCUT2D eigenvalue weighted by molar-refractivity contribution is 6.42. The zero-order chi connectivity index (χ0) is 14.3. The lowest BCUT2D eigenvalue weighted by Gasteiger charge is -2.03. The summed E-state index contributed by atoms with van der Waals surface area (Å²) >= 11 is 12.0. The van der Waals surface area contributed by atoms with Crippen LogP contribution >= 0.6 is 23.2 Å². The molecule has 0 amide bonds. The van der Waals surface area contributed by atoms with Crippen LogP contribution in [0.1, 0.15) is 19.0 Å². The summed E-state index contributed by atoms with van der Waals surface area (Å²) in [7, 11) is 0. The number of H-pyrrole nitrogens is 1. The molecule has 2 heterocycles. The molecule has 104 valence electrons. The van der Waals surface area contributed by atoms with Crippen molar-refractivity contribution < 1.29 is 0 Å². The van der Waals surface area contributed by atoms with Gasteiger partial charge in [0.25, 0.3) is 0 Å². The molecule has 0 aliphatic rings. The minimum Gasteiger partial charge on any atom is -0.383 e. The van der Waals surface area contributed by atoms with Crippen molar-refractivity contribution in [3.05, 3.63) is 33.9 Å². The molecule has 0 spiro atoms. The Kier molecular flexibility index (Phi) is 3.31. The highest BCUT2D eigenvalue weighted by Crippen LogP contribution is 2.29. The molecular formula is C13H13Cl2N5. The van der Waals surface area contributed by atoms with Gasteiger partial charge >= 0.3 is 0 Å². The van der Waals surface area contributed by atoms with E-state index < -0.39 is 0 Å². The predicted octanol–water partition coefficient (Wildman–Crippen LogP) is 3.59. The van der Waals surface area contributed by atoms with Crippen molar-refractivity contribution in [3.63, 3.8) is 0 Å². The predicted molar refractivity (Wildman–Crippen MR) is 81.6 cm³/mol. The van der Waals surface area contributed by atoms with Crippen LogP contribution in [-0.2, 0) is 6.42 Å². The van der Waals surface area contributed by atoms with Gasteiger partial charge in [-0.25, -0.2) is 4.68 Å². The first kappa shape index (κ1) is 13.3. The van der Waals surface area contributed by atoms with Gasteiger partial charge in [0.2, 0.25) is 0 Å². The average Bonchev–Trinajstić information content (AvgIpc) is 2.96. The molecule has 0 aliphatic carbocycles. The molecule has 7 heteroatoms. The number of rotatable bonds is 3. The van der Waals surface area contributed by atoms with Crippen LogP contribution in [0.3, 0.4) is 0 Å². The summed E-state index contributed by atoms with van der Waals surface area (Å²) < 4.78 is 1.73. The fourth-order valence-electron chi connectivity index (χ4n) is 2.21. The average molecular weight is 310 g/mol.